The summed E-state index contributed by atoms with van der Waals surface area (Å²) in [6, 6.07) is 5.88. The third-order valence-corrected chi connectivity index (χ3v) is 4.35. The Labute approximate surface area is 129 Å². The largest absolute Gasteiger partial charge is 0.340 e. The number of aryl methyl sites for hydroxylation is 1. The van der Waals surface area contributed by atoms with Crippen LogP contribution in [0.3, 0.4) is 0 Å². The maximum Gasteiger partial charge on any atom is 0.254 e. The first-order chi connectivity index (χ1) is 9.58. The first-order valence-corrected chi connectivity index (χ1v) is 7.82. The molecule has 1 fully saturated rings. The van der Waals surface area contributed by atoms with Crippen LogP contribution in [0.5, 0.6) is 0 Å². The third-order valence-electron chi connectivity index (χ3n) is 3.66. The second kappa shape index (κ2) is 7.20. The van der Waals surface area contributed by atoms with Crippen LogP contribution in [0.15, 0.2) is 22.7 Å². The molecule has 0 saturated carbocycles. The number of amides is 1. The minimum Gasteiger partial charge on any atom is -0.340 e. The van der Waals surface area contributed by atoms with Crippen molar-refractivity contribution in [2.45, 2.75) is 6.92 Å². The van der Waals surface area contributed by atoms with E-state index in [0.29, 0.717) is 0 Å². The van der Waals surface area contributed by atoms with Gasteiger partial charge in [-0.15, -0.1) is 0 Å². The number of nitrogens with zero attached hydrogens (tertiary/aromatic N) is 2. The monoisotopic (exact) mass is 339 g/mol. The minimum atomic E-state index is 0.0794. The van der Waals surface area contributed by atoms with E-state index in [2.05, 4.69) is 26.1 Å². The van der Waals surface area contributed by atoms with E-state index in [4.69, 9.17) is 0 Å². The molecular formula is C15H22BrN3O. The van der Waals surface area contributed by atoms with Crippen LogP contribution < -0.4 is 5.32 Å². The molecule has 0 aliphatic carbocycles. The van der Waals surface area contributed by atoms with Crippen molar-refractivity contribution in [3.05, 3.63) is 33.8 Å². The molecule has 0 unspecified atom stereocenters. The van der Waals surface area contributed by atoms with E-state index in [0.717, 1.165) is 54.9 Å². The summed E-state index contributed by atoms with van der Waals surface area (Å²) in [5, 5.41) is 3.34. The summed E-state index contributed by atoms with van der Waals surface area (Å²) in [5.41, 5.74) is 1.85. The van der Waals surface area contributed by atoms with Gasteiger partial charge in [0, 0.05) is 50.8 Å². The van der Waals surface area contributed by atoms with Crippen molar-refractivity contribution in [3.63, 3.8) is 0 Å². The Morgan fingerprint density at radius 2 is 2.10 bits per heavy atom. The molecule has 110 valence electrons. The third kappa shape index (κ3) is 4.04. The van der Waals surface area contributed by atoms with E-state index < -0.39 is 0 Å². The molecule has 1 aliphatic rings. The molecule has 0 bridgehead atoms. The van der Waals surface area contributed by atoms with Crippen molar-refractivity contribution < 1.29 is 4.79 Å². The Morgan fingerprint density at radius 3 is 2.80 bits per heavy atom. The number of halogens is 1. The summed E-state index contributed by atoms with van der Waals surface area (Å²) in [5.74, 6) is 0.0794. The van der Waals surface area contributed by atoms with Gasteiger partial charge in [-0.25, -0.2) is 0 Å². The number of benzene rings is 1. The number of likely N-dealkylation sites (N-methyl/N-ethyl adjacent to an activating group) is 1. The van der Waals surface area contributed by atoms with Gasteiger partial charge in [0.2, 0.25) is 0 Å². The van der Waals surface area contributed by atoms with Crippen LogP contribution in [0.2, 0.25) is 0 Å². The second-order valence-corrected chi connectivity index (χ2v) is 6.16. The molecule has 5 heteroatoms. The highest BCUT2D eigenvalue weighted by Crippen LogP contribution is 2.19. The topological polar surface area (TPSA) is 35.6 Å². The molecular weight excluding hydrogens is 318 g/mol. The van der Waals surface area contributed by atoms with Gasteiger partial charge in [0.05, 0.1) is 5.56 Å². The zero-order valence-electron chi connectivity index (χ0n) is 12.2. The highest BCUT2D eigenvalue weighted by atomic mass is 79.9. The van der Waals surface area contributed by atoms with Gasteiger partial charge in [-0.05, 0) is 35.0 Å². The van der Waals surface area contributed by atoms with Crippen LogP contribution in [0.4, 0.5) is 0 Å². The first kappa shape index (κ1) is 15.5. The van der Waals surface area contributed by atoms with E-state index in [9.17, 15) is 4.79 Å². The van der Waals surface area contributed by atoms with Crippen LogP contribution >= 0.6 is 15.9 Å². The predicted octanol–water partition coefficient (Wildman–Crippen LogP) is 1.73. The summed E-state index contributed by atoms with van der Waals surface area (Å²) in [4.78, 5) is 16.7. The Balaban J connectivity index is 1.92. The molecule has 2 rings (SSSR count). The van der Waals surface area contributed by atoms with Crippen LogP contribution in [0.25, 0.3) is 0 Å². The molecule has 1 heterocycles. The Hall–Kier alpha value is -0.910. The van der Waals surface area contributed by atoms with Gasteiger partial charge in [0.15, 0.2) is 0 Å². The van der Waals surface area contributed by atoms with Gasteiger partial charge in [0.25, 0.3) is 5.91 Å². The standard InChI is InChI=1S/C15H22BrN3O/c1-12-3-4-14(16)13(11-12)15(20)18(2)9-10-19-7-5-17-6-8-19/h3-4,11,17H,5-10H2,1-2H3. The molecule has 20 heavy (non-hydrogen) atoms. The van der Waals surface area contributed by atoms with Crippen molar-refractivity contribution in [3.8, 4) is 0 Å². The normalized spacial score (nSPS) is 16.1. The second-order valence-electron chi connectivity index (χ2n) is 5.30. The summed E-state index contributed by atoms with van der Waals surface area (Å²) < 4.78 is 0.863. The SMILES string of the molecule is Cc1ccc(Br)c(C(=O)N(C)CCN2CCNCC2)c1. The molecule has 1 aromatic rings. The van der Waals surface area contributed by atoms with Crippen molar-refractivity contribution >= 4 is 21.8 Å². The average molecular weight is 340 g/mol. The molecule has 1 aromatic carbocycles. The van der Waals surface area contributed by atoms with E-state index in [1.54, 1.807) is 0 Å². The quantitative estimate of drug-likeness (QED) is 0.907. The van der Waals surface area contributed by atoms with Gasteiger partial charge in [-0.2, -0.15) is 0 Å². The van der Waals surface area contributed by atoms with Crippen LogP contribution in [-0.2, 0) is 0 Å². The fourth-order valence-electron chi connectivity index (χ4n) is 2.34. The van der Waals surface area contributed by atoms with E-state index in [1.807, 2.05) is 37.1 Å². The molecule has 1 aliphatic heterocycles. The molecule has 0 aromatic heterocycles. The number of piperazine rings is 1. The van der Waals surface area contributed by atoms with Crippen LogP contribution in [0.1, 0.15) is 15.9 Å². The lowest BCUT2D eigenvalue weighted by Crippen LogP contribution is -2.46. The van der Waals surface area contributed by atoms with Crippen molar-refractivity contribution in [2.75, 3.05) is 46.3 Å². The average Bonchev–Trinajstić information content (AvgIpc) is 2.47. The van der Waals surface area contributed by atoms with E-state index in [-0.39, 0.29) is 5.91 Å². The molecule has 1 N–H and O–H groups in total. The fourth-order valence-corrected chi connectivity index (χ4v) is 2.75. The lowest BCUT2D eigenvalue weighted by Gasteiger charge is -2.29. The molecule has 1 amide bonds. The van der Waals surface area contributed by atoms with E-state index >= 15 is 0 Å². The number of carbonyl (C=O) groups is 1. The summed E-state index contributed by atoms with van der Waals surface area (Å²) in [7, 11) is 1.87. The Bertz CT molecular complexity index is 472. The van der Waals surface area contributed by atoms with Gasteiger partial charge in [-0.3, -0.25) is 9.69 Å². The highest BCUT2D eigenvalue weighted by Gasteiger charge is 2.16. The molecule has 0 spiro atoms. The maximum atomic E-state index is 12.5. The summed E-state index contributed by atoms with van der Waals surface area (Å²) >= 11 is 3.46. The molecule has 0 atom stereocenters. The summed E-state index contributed by atoms with van der Waals surface area (Å²) in [6.07, 6.45) is 0. The van der Waals surface area contributed by atoms with E-state index in [1.165, 1.54) is 0 Å². The predicted molar refractivity (Wildman–Crippen MR) is 85.1 cm³/mol. The Kier molecular flexibility index (Phi) is 5.57. The first-order valence-electron chi connectivity index (χ1n) is 7.02. The minimum absolute atomic E-state index is 0.0794. The number of hydrogen-bond acceptors (Lipinski definition) is 3. The zero-order valence-corrected chi connectivity index (χ0v) is 13.7. The zero-order chi connectivity index (χ0) is 14.5. The van der Waals surface area contributed by atoms with Crippen molar-refractivity contribution in [2.24, 2.45) is 0 Å². The fraction of sp³-hybridized carbons (Fsp3) is 0.533. The number of rotatable bonds is 4. The van der Waals surface area contributed by atoms with Gasteiger partial charge >= 0.3 is 0 Å². The van der Waals surface area contributed by atoms with Gasteiger partial charge < -0.3 is 10.2 Å². The lowest BCUT2D eigenvalue weighted by atomic mass is 10.1. The van der Waals surface area contributed by atoms with Gasteiger partial charge in [-0.1, -0.05) is 11.6 Å². The molecule has 0 radical (unpaired) electrons. The van der Waals surface area contributed by atoms with Crippen LogP contribution in [0, 0.1) is 6.92 Å². The Morgan fingerprint density at radius 1 is 1.40 bits per heavy atom. The lowest BCUT2D eigenvalue weighted by molar-refractivity contribution is 0.0774. The molecule has 1 saturated heterocycles. The van der Waals surface area contributed by atoms with Crippen molar-refractivity contribution in [1.82, 2.24) is 15.1 Å². The number of nitrogens with one attached hydrogen (secondary N) is 1. The summed E-state index contributed by atoms with van der Waals surface area (Å²) in [6.45, 7) is 7.92. The van der Waals surface area contributed by atoms with Crippen LogP contribution in [-0.4, -0.2) is 62.0 Å². The molecule has 4 nitrogen and oxygen atoms in total. The highest BCUT2D eigenvalue weighted by molar-refractivity contribution is 9.10. The maximum absolute atomic E-state index is 12.5. The van der Waals surface area contributed by atoms with Crippen molar-refractivity contribution in [1.29, 1.82) is 0 Å². The number of hydrogen-bond donors (Lipinski definition) is 1. The van der Waals surface area contributed by atoms with Gasteiger partial charge in [0.1, 0.15) is 0 Å². The smallest absolute Gasteiger partial charge is 0.254 e. The number of carbonyl (C=O) groups excluding carboxylic acids is 1.